The Bertz CT molecular complexity index is 1010. The molecule has 2 amide bonds. The third-order valence-electron chi connectivity index (χ3n) is 9.06. The number of fused-ring (bicyclic) bond motifs is 2. The topological polar surface area (TPSA) is 179 Å². The number of carbonyl (C=O) groups excluding carboxylic acids is 3. The molecule has 13 heteroatoms. The molecule has 10 atom stereocenters. The van der Waals surface area contributed by atoms with Gasteiger partial charge in [0.2, 0.25) is 23.9 Å². The highest BCUT2D eigenvalue weighted by molar-refractivity contribution is 5.91. The Labute approximate surface area is 239 Å². The largest absolute Gasteiger partial charge is 0.480 e. The molecule has 1 saturated carbocycles. The van der Waals surface area contributed by atoms with Gasteiger partial charge in [0.05, 0.1) is 13.0 Å². The number of hydrogen-bond donors (Lipinski definition) is 4. The maximum absolute atomic E-state index is 12.8. The second-order valence-corrected chi connectivity index (χ2v) is 12.6. The van der Waals surface area contributed by atoms with Crippen molar-refractivity contribution in [2.75, 3.05) is 6.61 Å². The molecule has 4 aliphatic heterocycles. The number of rotatable bonds is 11. The number of aliphatic hydroxyl groups is 1. The number of carboxylic acid groups (broad SMARTS) is 1. The van der Waals surface area contributed by atoms with Crippen LogP contribution in [0.5, 0.6) is 0 Å². The molecule has 41 heavy (non-hydrogen) atoms. The van der Waals surface area contributed by atoms with Gasteiger partial charge in [-0.25, -0.2) is 14.6 Å². The van der Waals surface area contributed by atoms with Crippen LogP contribution in [0.4, 0.5) is 0 Å². The van der Waals surface area contributed by atoms with E-state index >= 15 is 0 Å². The van der Waals surface area contributed by atoms with Crippen LogP contribution < -0.4 is 10.6 Å². The van der Waals surface area contributed by atoms with Gasteiger partial charge in [0.15, 0.2) is 11.9 Å². The third kappa shape index (κ3) is 6.53. The predicted molar refractivity (Wildman–Crippen MR) is 140 cm³/mol. The lowest BCUT2D eigenvalue weighted by Gasteiger charge is -2.59. The Kier molecular flexibility index (Phi) is 9.64. The van der Waals surface area contributed by atoms with Crippen LogP contribution in [-0.2, 0) is 43.2 Å². The van der Waals surface area contributed by atoms with Crippen LogP contribution in [0.25, 0.3) is 0 Å². The van der Waals surface area contributed by atoms with Crippen molar-refractivity contribution in [2.24, 2.45) is 29.6 Å². The Balaban J connectivity index is 1.35. The summed E-state index contributed by atoms with van der Waals surface area (Å²) in [4.78, 5) is 61.2. The van der Waals surface area contributed by atoms with Crippen LogP contribution in [0.15, 0.2) is 0 Å². The zero-order valence-electron chi connectivity index (χ0n) is 24.4. The zero-order valence-corrected chi connectivity index (χ0v) is 24.4. The summed E-state index contributed by atoms with van der Waals surface area (Å²) < 4.78 is 18.2. The van der Waals surface area contributed by atoms with E-state index in [0.29, 0.717) is 12.3 Å². The number of aliphatic hydroxyl groups excluding tert-OH is 1. The molecule has 5 aliphatic rings. The molecule has 5 rings (SSSR count). The van der Waals surface area contributed by atoms with Crippen molar-refractivity contribution in [3.05, 3.63) is 0 Å². The molecule has 0 aromatic heterocycles. The van der Waals surface area contributed by atoms with Crippen LogP contribution >= 0.6 is 0 Å². The highest BCUT2D eigenvalue weighted by Gasteiger charge is 2.69. The van der Waals surface area contributed by atoms with Crippen molar-refractivity contribution in [3.8, 4) is 0 Å². The summed E-state index contributed by atoms with van der Waals surface area (Å²) in [6.45, 7) is 8.89. The van der Waals surface area contributed by atoms with Gasteiger partial charge in [-0.1, -0.05) is 27.7 Å². The number of esters is 1. The molecule has 0 aromatic carbocycles. The second-order valence-electron chi connectivity index (χ2n) is 12.6. The predicted octanol–water partition coefficient (Wildman–Crippen LogP) is 1.61. The number of ether oxygens (including phenoxy) is 3. The van der Waals surface area contributed by atoms with E-state index in [4.69, 9.17) is 29.1 Å². The number of carboxylic acids is 1. The molecule has 4 N–H and O–H groups in total. The minimum absolute atomic E-state index is 0.00198. The highest BCUT2D eigenvalue weighted by Crippen LogP contribution is 2.60. The summed E-state index contributed by atoms with van der Waals surface area (Å²) in [6, 6.07) is -2.52. The van der Waals surface area contributed by atoms with Gasteiger partial charge in [-0.2, -0.15) is 0 Å². The molecule has 1 spiro atoms. The van der Waals surface area contributed by atoms with Gasteiger partial charge in [-0.15, -0.1) is 0 Å². The summed E-state index contributed by atoms with van der Waals surface area (Å²) in [5, 5.41) is 23.1. The van der Waals surface area contributed by atoms with Crippen molar-refractivity contribution < 1.29 is 53.4 Å². The van der Waals surface area contributed by atoms with E-state index in [9.17, 15) is 24.3 Å². The van der Waals surface area contributed by atoms with Crippen LogP contribution in [0.1, 0.15) is 79.6 Å². The lowest BCUT2D eigenvalue weighted by atomic mass is 9.58. The normalized spacial score (nSPS) is 37.3. The number of aliphatic carboxylic acids is 1. The number of nitrogens with one attached hydrogen (secondary N) is 2. The smallest absolute Gasteiger partial charge is 0.328 e. The lowest BCUT2D eigenvalue weighted by Crippen LogP contribution is -2.70. The number of amides is 2. The fraction of sp³-hybridized carbons (Fsp3) is 0.857. The van der Waals surface area contributed by atoms with Crippen molar-refractivity contribution in [3.63, 3.8) is 0 Å². The van der Waals surface area contributed by atoms with Gasteiger partial charge < -0.3 is 35.1 Å². The van der Waals surface area contributed by atoms with E-state index < -0.39 is 66.4 Å². The average Bonchev–Trinajstić information content (AvgIpc) is 3.13. The molecule has 2 bridgehead atoms. The highest BCUT2D eigenvalue weighted by atomic mass is 17.3. The van der Waals surface area contributed by atoms with Crippen molar-refractivity contribution in [2.45, 2.75) is 116 Å². The minimum atomic E-state index is -1.49. The zero-order chi connectivity index (χ0) is 30.1. The molecule has 0 aromatic rings. The van der Waals surface area contributed by atoms with Crippen LogP contribution in [0.3, 0.4) is 0 Å². The summed E-state index contributed by atoms with van der Waals surface area (Å²) in [7, 11) is 0. The fourth-order valence-electron chi connectivity index (χ4n) is 6.84. The summed E-state index contributed by atoms with van der Waals surface area (Å²) >= 11 is 0. The Morgan fingerprint density at radius 2 is 1.73 bits per heavy atom. The standard InChI is InChI=1S/C28H44N2O11/c1-14(2)12-19(23(34)30-20(13-31)24(35)36)29-21(32)8-9-22(33)37-25-16(4)18-7-6-15(3)17-10-11-27(5)39-26(38-25)28(17,18)41-40-27/h14-20,25-26,31H,6-13H2,1-5H3,(H,29,32)(H,30,34)(H,35,36)/t15-,16-,17+,18-,19+,20-,25-,26+,27-,28-/m1/s1. The number of hydrogen-bond acceptors (Lipinski definition) is 10. The maximum Gasteiger partial charge on any atom is 0.328 e. The maximum atomic E-state index is 12.8. The van der Waals surface area contributed by atoms with E-state index in [0.717, 1.165) is 19.3 Å². The Morgan fingerprint density at radius 1 is 1.00 bits per heavy atom. The minimum Gasteiger partial charge on any atom is -0.480 e. The first-order chi connectivity index (χ1) is 19.3. The summed E-state index contributed by atoms with van der Waals surface area (Å²) in [6.07, 6.45) is 1.49. The molecule has 0 radical (unpaired) electrons. The average molecular weight is 585 g/mol. The van der Waals surface area contributed by atoms with Gasteiger partial charge in [0.25, 0.3) is 0 Å². The molecule has 0 unspecified atom stereocenters. The molecular weight excluding hydrogens is 540 g/mol. The van der Waals surface area contributed by atoms with Crippen LogP contribution in [-0.4, -0.2) is 76.6 Å². The van der Waals surface area contributed by atoms with Gasteiger partial charge in [0.1, 0.15) is 12.1 Å². The second kappa shape index (κ2) is 12.5. The van der Waals surface area contributed by atoms with Gasteiger partial charge in [-0.05, 0) is 50.4 Å². The first kappa shape index (κ1) is 31.6. The Morgan fingerprint density at radius 3 is 2.39 bits per heavy atom. The van der Waals surface area contributed by atoms with E-state index in [1.165, 1.54) is 0 Å². The molecule has 13 nitrogen and oxygen atoms in total. The molecule has 1 aliphatic carbocycles. The monoisotopic (exact) mass is 584 g/mol. The first-order valence-electron chi connectivity index (χ1n) is 14.6. The van der Waals surface area contributed by atoms with E-state index in [-0.39, 0.29) is 42.9 Å². The van der Waals surface area contributed by atoms with Crippen molar-refractivity contribution in [1.82, 2.24) is 10.6 Å². The van der Waals surface area contributed by atoms with E-state index in [1.54, 1.807) is 0 Å². The summed E-state index contributed by atoms with van der Waals surface area (Å²) in [5.41, 5.74) is -0.780. The van der Waals surface area contributed by atoms with Crippen LogP contribution in [0, 0.1) is 29.6 Å². The first-order valence-corrected chi connectivity index (χ1v) is 14.6. The summed E-state index contributed by atoms with van der Waals surface area (Å²) in [5.74, 6) is -3.92. The van der Waals surface area contributed by atoms with E-state index in [2.05, 4.69) is 17.6 Å². The molecule has 5 fully saturated rings. The van der Waals surface area contributed by atoms with Gasteiger partial charge in [0, 0.05) is 24.7 Å². The SMILES string of the molecule is CC(C)C[C@H](NC(=O)CCC(=O)O[C@@H]1O[C@H]2O[C@@]3(C)CC[C@H]4[C@H](C)CC[C@H]([C@H]1C)[C@@]24OO3)C(=O)N[C@H](CO)C(=O)O. The molecule has 232 valence electrons. The molecule has 4 heterocycles. The molecular formula is C28H44N2O11. The number of carbonyl (C=O) groups is 4. The van der Waals surface area contributed by atoms with Crippen LogP contribution in [0.2, 0.25) is 0 Å². The third-order valence-corrected chi connectivity index (χ3v) is 9.06. The van der Waals surface area contributed by atoms with Gasteiger partial charge >= 0.3 is 11.9 Å². The van der Waals surface area contributed by atoms with Crippen molar-refractivity contribution in [1.29, 1.82) is 0 Å². The Hall–Kier alpha value is -2.32. The fourth-order valence-corrected chi connectivity index (χ4v) is 6.84. The quantitative estimate of drug-likeness (QED) is 0.205. The lowest BCUT2D eigenvalue weighted by molar-refractivity contribution is -0.576. The van der Waals surface area contributed by atoms with Gasteiger partial charge in [-0.3, -0.25) is 14.4 Å². The van der Waals surface area contributed by atoms with Crippen molar-refractivity contribution >= 4 is 23.8 Å². The molecule has 4 saturated heterocycles. The van der Waals surface area contributed by atoms with E-state index in [1.807, 2.05) is 27.7 Å².